The summed E-state index contributed by atoms with van der Waals surface area (Å²) in [7, 11) is 0. The van der Waals surface area contributed by atoms with E-state index in [2.05, 4.69) is 142 Å². The van der Waals surface area contributed by atoms with Crippen molar-refractivity contribution in [1.29, 1.82) is 0 Å². The van der Waals surface area contributed by atoms with Crippen molar-refractivity contribution in [3.05, 3.63) is 122 Å². The summed E-state index contributed by atoms with van der Waals surface area (Å²) in [5, 5.41) is 0. The fourth-order valence-corrected chi connectivity index (χ4v) is 7.10. The molecule has 0 saturated heterocycles. The van der Waals surface area contributed by atoms with Crippen LogP contribution in [0, 0.1) is 0 Å². The molecule has 1 atom stereocenters. The molecule has 0 N–H and O–H groups in total. The van der Waals surface area contributed by atoms with Crippen molar-refractivity contribution in [2.24, 2.45) is 0 Å². The van der Waals surface area contributed by atoms with Gasteiger partial charge in [0.25, 0.3) is 0 Å². The molecular formula is C62H100O6. The van der Waals surface area contributed by atoms with Crippen molar-refractivity contribution in [1.82, 2.24) is 0 Å². The van der Waals surface area contributed by atoms with Gasteiger partial charge in [0, 0.05) is 19.3 Å². The van der Waals surface area contributed by atoms with Gasteiger partial charge in [-0.25, -0.2) is 0 Å². The van der Waals surface area contributed by atoms with E-state index in [9.17, 15) is 14.4 Å². The normalized spacial score (nSPS) is 13.0. The third kappa shape index (κ3) is 52.8. The van der Waals surface area contributed by atoms with Gasteiger partial charge in [-0.3, -0.25) is 14.4 Å². The number of hydrogen-bond donors (Lipinski definition) is 0. The largest absolute Gasteiger partial charge is 0.462 e. The zero-order valence-corrected chi connectivity index (χ0v) is 43.8. The SMILES string of the molecule is CC/C=C\C/C=C\C/C=C\C/C=C\C/C=C\CCCCCC(=O)OCC(COC(=O)CCCCCCCCC/C=C\CCCCCC)OC(=O)CCCCC/C=C\C/C=C\C/C=C\C/C=C\CC. The number of rotatable bonds is 48. The standard InChI is InChI=1S/C62H100O6/c1-4-7-10-13-16-19-22-25-28-30-31-32-35-37-40-43-46-49-52-55-61(64)67-58-59(57-66-60(63)54-51-48-45-42-39-36-33-27-24-21-18-15-12-9-6-3)68-62(65)56-53-50-47-44-41-38-34-29-26-23-20-17-14-11-8-5-2/h7-8,10-11,16-17,19-21,24-26,28-29,31-32,37-38,40-41,59H,4-6,9,12-15,18,22-23,27,30,33-36,39,42-58H2,1-3H3/b10-7-,11-8-,19-16-,20-17-,24-21-,28-25-,29-26-,32-31-,40-37-,41-38-. The van der Waals surface area contributed by atoms with E-state index in [-0.39, 0.29) is 37.5 Å². The maximum atomic E-state index is 12.8. The molecule has 0 aliphatic carbocycles. The molecule has 0 fully saturated rings. The van der Waals surface area contributed by atoms with Gasteiger partial charge >= 0.3 is 17.9 Å². The average Bonchev–Trinajstić information content (AvgIpc) is 3.34. The molecular weight excluding hydrogens is 841 g/mol. The molecule has 68 heavy (non-hydrogen) atoms. The minimum absolute atomic E-state index is 0.107. The zero-order chi connectivity index (χ0) is 49.3. The third-order valence-corrected chi connectivity index (χ3v) is 11.2. The number of unbranched alkanes of at least 4 members (excludes halogenated alkanes) is 17. The summed E-state index contributed by atoms with van der Waals surface area (Å²) >= 11 is 0. The molecule has 0 aliphatic heterocycles. The van der Waals surface area contributed by atoms with E-state index in [1.807, 2.05) is 0 Å². The summed E-state index contributed by atoms with van der Waals surface area (Å²) in [5.74, 6) is -0.980. The van der Waals surface area contributed by atoms with Crippen LogP contribution in [-0.2, 0) is 28.6 Å². The predicted molar refractivity (Wildman–Crippen MR) is 293 cm³/mol. The van der Waals surface area contributed by atoms with Gasteiger partial charge in [-0.15, -0.1) is 0 Å². The topological polar surface area (TPSA) is 78.9 Å². The molecule has 0 aromatic heterocycles. The minimum atomic E-state index is -0.814. The number of hydrogen-bond acceptors (Lipinski definition) is 6. The second kappa shape index (κ2) is 55.4. The summed E-state index contributed by atoms with van der Waals surface area (Å²) in [6.45, 7) is 6.33. The van der Waals surface area contributed by atoms with E-state index in [1.165, 1.54) is 64.2 Å². The first-order valence-corrected chi connectivity index (χ1v) is 27.5. The van der Waals surface area contributed by atoms with Crippen molar-refractivity contribution in [2.75, 3.05) is 13.2 Å². The second-order valence-corrected chi connectivity index (χ2v) is 17.7. The van der Waals surface area contributed by atoms with Crippen LogP contribution in [0.5, 0.6) is 0 Å². The first kappa shape index (κ1) is 63.8. The van der Waals surface area contributed by atoms with Crippen molar-refractivity contribution >= 4 is 17.9 Å². The molecule has 0 radical (unpaired) electrons. The van der Waals surface area contributed by atoms with E-state index in [1.54, 1.807) is 0 Å². The van der Waals surface area contributed by atoms with E-state index in [0.29, 0.717) is 19.3 Å². The van der Waals surface area contributed by atoms with Crippen molar-refractivity contribution in [3.63, 3.8) is 0 Å². The fourth-order valence-electron chi connectivity index (χ4n) is 7.10. The van der Waals surface area contributed by atoms with Gasteiger partial charge in [-0.1, -0.05) is 206 Å². The predicted octanol–water partition coefficient (Wildman–Crippen LogP) is 18.5. The van der Waals surface area contributed by atoms with Gasteiger partial charge in [0.1, 0.15) is 13.2 Å². The molecule has 1 unspecified atom stereocenters. The van der Waals surface area contributed by atoms with Crippen LogP contribution in [0.25, 0.3) is 0 Å². The Hall–Kier alpha value is -4.19. The Morgan fingerprint density at radius 1 is 0.309 bits per heavy atom. The summed E-state index contributed by atoms with van der Waals surface area (Å²) in [5.41, 5.74) is 0. The highest BCUT2D eigenvalue weighted by Crippen LogP contribution is 2.13. The van der Waals surface area contributed by atoms with Crippen molar-refractivity contribution in [2.45, 2.75) is 239 Å². The molecule has 0 aromatic rings. The quantitative estimate of drug-likeness (QED) is 0.0262. The van der Waals surface area contributed by atoms with Gasteiger partial charge in [0.2, 0.25) is 0 Å². The van der Waals surface area contributed by atoms with Crippen LogP contribution in [0.4, 0.5) is 0 Å². The Bertz CT molecular complexity index is 1450. The van der Waals surface area contributed by atoms with E-state index in [4.69, 9.17) is 14.2 Å². The van der Waals surface area contributed by atoms with Gasteiger partial charge < -0.3 is 14.2 Å². The molecule has 384 valence electrons. The van der Waals surface area contributed by atoms with E-state index < -0.39 is 6.10 Å². The van der Waals surface area contributed by atoms with Crippen LogP contribution in [0.1, 0.15) is 233 Å². The Labute approximate surface area is 418 Å². The van der Waals surface area contributed by atoms with E-state index in [0.717, 1.165) is 122 Å². The van der Waals surface area contributed by atoms with Crippen LogP contribution in [0.3, 0.4) is 0 Å². The zero-order valence-electron chi connectivity index (χ0n) is 43.8. The Morgan fingerprint density at radius 3 is 0.926 bits per heavy atom. The minimum Gasteiger partial charge on any atom is -0.462 e. The number of allylic oxidation sites excluding steroid dienone is 20. The highest BCUT2D eigenvalue weighted by atomic mass is 16.6. The maximum absolute atomic E-state index is 12.8. The lowest BCUT2D eigenvalue weighted by atomic mass is 10.1. The summed E-state index contributed by atoms with van der Waals surface area (Å²) < 4.78 is 16.8. The monoisotopic (exact) mass is 941 g/mol. The van der Waals surface area contributed by atoms with E-state index >= 15 is 0 Å². The molecule has 0 saturated carbocycles. The smallest absolute Gasteiger partial charge is 0.306 e. The molecule has 0 rings (SSSR count). The number of esters is 3. The lowest BCUT2D eigenvalue weighted by molar-refractivity contribution is -0.167. The van der Waals surface area contributed by atoms with Crippen LogP contribution in [-0.4, -0.2) is 37.2 Å². The number of carbonyl (C=O) groups is 3. The number of carbonyl (C=O) groups excluding carboxylic acids is 3. The molecule has 0 spiro atoms. The van der Waals surface area contributed by atoms with Gasteiger partial charge in [-0.2, -0.15) is 0 Å². The first-order valence-electron chi connectivity index (χ1n) is 27.5. The molecule has 0 heterocycles. The van der Waals surface area contributed by atoms with Crippen molar-refractivity contribution < 1.29 is 28.6 Å². The Balaban J connectivity index is 4.53. The van der Waals surface area contributed by atoms with Crippen LogP contribution < -0.4 is 0 Å². The Kier molecular flexibility index (Phi) is 52.0. The summed E-state index contributed by atoms with van der Waals surface area (Å²) in [4.78, 5) is 38.1. The molecule has 0 aromatic carbocycles. The van der Waals surface area contributed by atoms with Gasteiger partial charge in [0.05, 0.1) is 0 Å². The molecule has 0 bridgehead atoms. The summed E-state index contributed by atoms with van der Waals surface area (Å²) in [6.07, 6.45) is 76.1. The molecule has 6 nitrogen and oxygen atoms in total. The molecule has 0 amide bonds. The lowest BCUT2D eigenvalue weighted by Gasteiger charge is -2.18. The fraction of sp³-hybridized carbons (Fsp3) is 0.629. The van der Waals surface area contributed by atoms with Crippen LogP contribution in [0.2, 0.25) is 0 Å². The van der Waals surface area contributed by atoms with Crippen LogP contribution >= 0.6 is 0 Å². The maximum Gasteiger partial charge on any atom is 0.306 e. The first-order chi connectivity index (χ1) is 33.5. The molecule has 0 aliphatic rings. The average molecular weight is 941 g/mol. The molecule has 6 heteroatoms. The van der Waals surface area contributed by atoms with Crippen LogP contribution in [0.15, 0.2) is 122 Å². The highest BCUT2D eigenvalue weighted by Gasteiger charge is 2.19. The van der Waals surface area contributed by atoms with Gasteiger partial charge in [-0.05, 0) is 128 Å². The highest BCUT2D eigenvalue weighted by molar-refractivity contribution is 5.71. The lowest BCUT2D eigenvalue weighted by Crippen LogP contribution is -2.30. The van der Waals surface area contributed by atoms with Crippen molar-refractivity contribution in [3.8, 4) is 0 Å². The van der Waals surface area contributed by atoms with Gasteiger partial charge in [0.15, 0.2) is 6.10 Å². The Morgan fingerprint density at radius 2 is 0.574 bits per heavy atom. The third-order valence-electron chi connectivity index (χ3n) is 11.2. The number of ether oxygens (including phenoxy) is 3. The summed E-state index contributed by atoms with van der Waals surface area (Å²) in [6, 6.07) is 0. The second-order valence-electron chi connectivity index (χ2n) is 17.7.